The van der Waals surface area contributed by atoms with Gasteiger partial charge in [0.25, 0.3) is 5.91 Å². The summed E-state index contributed by atoms with van der Waals surface area (Å²) in [5.41, 5.74) is 0.605. The van der Waals surface area contributed by atoms with Crippen molar-refractivity contribution in [2.24, 2.45) is 0 Å². The van der Waals surface area contributed by atoms with E-state index in [1.54, 1.807) is 24.3 Å². The molecule has 1 amide bonds. The third kappa shape index (κ3) is 5.28. The Morgan fingerprint density at radius 2 is 1.90 bits per heavy atom. The minimum Gasteiger partial charge on any atom is -0.378 e. The number of nitrogens with one attached hydrogen (secondary N) is 1. The van der Waals surface area contributed by atoms with Gasteiger partial charge in [0, 0.05) is 13.1 Å². The van der Waals surface area contributed by atoms with Crippen LogP contribution in [0.2, 0.25) is 0 Å². The number of benzene rings is 1. The van der Waals surface area contributed by atoms with Gasteiger partial charge in [-0.1, -0.05) is 30.3 Å². The van der Waals surface area contributed by atoms with Crippen LogP contribution in [0.15, 0.2) is 30.3 Å². The number of carbonyl (C=O) groups excluding carboxylic acids is 1. The lowest BCUT2D eigenvalue weighted by molar-refractivity contribution is -0.131. The van der Waals surface area contributed by atoms with E-state index >= 15 is 0 Å². The molecule has 118 valence electrons. The number of ether oxygens (including phenoxy) is 1. The SMILES string of the molecule is CC1CN(CNC(=O)C(O)c2ccccc2)CC(C)O1.Cl. The van der Waals surface area contributed by atoms with Crippen molar-refractivity contribution < 1.29 is 14.6 Å². The quantitative estimate of drug-likeness (QED) is 0.880. The molecular formula is C15H23ClN2O3. The molecule has 1 aliphatic heterocycles. The van der Waals surface area contributed by atoms with Crippen LogP contribution in [-0.2, 0) is 9.53 Å². The Kier molecular flexibility index (Phi) is 7.11. The molecule has 0 aliphatic carbocycles. The highest BCUT2D eigenvalue weighted by molar-refractivity contribution is 5.85. The molecule has 1 aliphatic rings. The Balaban J connectivity index is 0.00000220. The van der Waals surface area contributed by atoms with E-state index in [1.165, 1.54) is 0 Å². The van der Waals surface area contributed by atoms with Gasteiger partial charge in [-0.05, 0) is 19.4 Å². The molecule has 1 aromatic carbocycles. The minimum absolute atomic E-state index is 0. The van der Waals surface area contributed by atoms with Crippen LogP contribution in [-0.4, -0.2) is 47.9 Å². The Hall–Kier alpha value is -1.14. The zero-order chi connectivity index (χ0) is 14.5. The number of halogens is 1. The van der Waals surface area contributed by atoms with Gasteiger partial charge in [0.1, 0.15) is 0 Å². The summed E-state index contributed by atoms with van der Waals surface area (Å²) in [4.78, 5) is 14.0. The van der Waals surface area contributed by atoms with Crippen molar-refractivity contribution in [2.75, 3.05) is 19.8 Å². The van der Waals surface area contributed by atoms with Crippen molar-refractivity contribution >= 4 is 18.3 Å². The van der Waals surface area contributed by atoms with E-state index in [1.807, 2.05) is 19.9 Å². The first-order valence-electron chi connectivity index (χ1n) is 6.95. The molecule has 0 saturated carbocycles. The molecule has 0 radical (unpaired) electrons. The van der Waals surface area contributed by atoms with Crippen LogP contribution in [0.25, 0.3) is 0 Å². The van der Waals surface area contributed by atoms with E-state index < -0.39 is 6.10 Å². The number of rotatable bonds is 4. The van der Waals surface area contributed by atoms with E-state index in [9.17, 15) is 9.90 Å². The molecule has 5 nitrogen and oxygen atoms in total. The third-order valence-electron chi connectivity index (χ3n) is 3.34. The van der Waals surface area contributed by atoms with E-state index in [4.69, 9.17) is 4.74 Å². The molecule has 1 heterocycles. The van der Waals surface area contributed by atoms with Crippen LogP contribution in [0.4, 0.5) is 0 Å². The maximum absolute atomic E-state index is 11.9. The molecule has 3 atom stereocenters. The molecule has 6 heteroatoms. The van der Waals surface area contributed by atoms with Crippen LogP contribution in [0.5, 0.6) is 0 Å². The Morgan fingerprint density at radius 1 is 1.33 bits per heavy atom. The maximum Gasteiger partial charge on any atom is 0.254 e. The van der Waals surface area contributed by atoms with Gasteiger partial charge in [0.2, 0.25) is 0 Å². The van der Waals surface area contributed by atoms with Crippen LogP contribution >= 0.6 is 12.4 Å². The lowest BCUT2D eigenvalue weighted by atomic mass is 10.1. The van der Waals surface area contributed by atoms with Crippen LogP contribution in [0.1, 0.15) is 25.5 Å². The van der Waals surface area contributed by atoms with Gasteiger partial charge in [-0.3, -0.25) is 9.69 Å². The number of aliphatic hydroxyl groups excluding tert-OH is 1. The van der Waals surface area contributed by atoms with Crippen LogP contribution in [0, 0.1) is 0 Å². The summed E-state index contributed by atoms with van der Waals surface area (Å²) in [6.45, 7) is 6.03. The number of hydrogen-bond acceptors (Lipinski definition) is 4. The minimum atomic E-state index is -1.12. The molecule has 1 saturated heterocycles. The highest BCUT2D eigenvalue weighted by atomic mass is 35.5. The number of carbonyl (C=O) groups is 1. The fourth-order valence-electron chi connectivity index (χ4n) is 2.49. The number of amides is 1. The van der Waals surface area contributed by atoms with Crippen LogP contribution < -0.4 is 5.32 Å². The van der Waals surface area contributed by atoms with E-state index in [0.717, 1.165) is 13.1 Å². The zero-order valence-electron chi connectivity index (χ0n) is 12.4. The average molecular weight is 315 g/mol. The van der Waals surface area contributed by atoms with Crippen molar-refractivity contribution in [1.82, 2.24) is 10.2 Å². The molecule has 0 spiro atoms. The fourth-order valence-corrected chi connectivity index (χ4v) is 2.49. The van der Waals surface area contributed by atoms with Crippen molar-refractivity contribution in [3.05, 3.63) is 35.9 Å². The first kappa shape index (κ1) is 17.9. The summed E-state index contributed by atoms with van der Waals surface area (Å²) in [6, 6.07) is 8.94. The second-order valence-electron chi connectivity index (χ2n) is 5.31. The second kappa shape index (κ2) is 8.34. The Bertz CT molecular complexity index is 434. The zero-order valence-corrected chi connectivity index (χ0v) is 13.2. The van der Waals surface area contributed by atoms with Crippen molar-refractivity contribution in [1.29, 1.82) is 0 Å². The van der Waals surface area contributed by atoms with Gasteiger partial charge in [0.05, 0.1) is 18.9 Å². The molecule has 1 fully saturated rings. The average Bonchev–Trinajstić information content (AvgIpc) is 2.44. The van der Waals surface area contributed by atoms with E-state index in [0.29, 0.717) is 12.2 Å². The normalized spacial score (nSPS) is 24.0. The first-order chi connectivity index (χ1) is 9.56. The van der Waals surface area contributed by atoms with Gasteiger partial charge < -0.3 is 15.2 Å². The summed E-state index contributed by atoms with van der Waals surface area (Å²) in [5.74, 6) is -0.372. The number of morpholine rings is 1. The number of nitrogens with zero attached hydrogens (tertiary/aromatic N) is 1. The van der Waals surface area contributed by atoms with Crippen LogP contribution in [0.3, 0.4) is 0 Å². The van der Waals surface area contributed by atoms with Crippen molar-refractivity contribution in [3.8, 4) is 0 Å². The predicted octanol–water partition coefficient (Wildman–Crippen LogP) is 1.32. The predicted molar refractivity (Wildman–Crippen MR) is 83.2 cm³/mol. The molecule has 3 unspecified atom stereocenters. The largest absolute Gasteiger partial charge is 0.378 e. The first-order valence-corrected chi connectivity index (χ1v) is 6.95. The van der Waals surface area contributed by atoms with Crippen molar-refractivity contribution in [2.45, 2.75) is 32.2 Å². The maximum atomic E-state index is 11.9. The lowest BCUT2D eigenvalue weighted by Crippen LogP contribution is -2.50. The van der Waals surface area contributed by atoms with E-state index in [2.05, 4.69) is 10.2 Å². The molecular weight excluding hydrogens is 292 g/mol. The summed E-state index contributed by atoms with van der Waals surface area (Å²) in [6.07, 6.45) is -0.795. The summed E-state index contributed by atoms with van der Waals surface area (Å²) >= 11 is 0. The highest BCUT2D eigenvalue weighted by Crippen LogP contribution is 2.13. The van der Waals surface area contributed by atoms with Gasteiger partial charge in [-0.2, -0.15) is 0 Å². The lowest BCUT2D eigenvalue weighted by Gasteiger charge is -2.35. The standard InChI is InChI=1S/C15H22N2O3.ClH/c1-11-8-17(9-12(2)20-11)10-16-15(19)14(18)13-6-4-3-5-7-13;/h3-7,11-12,14,18H,8-10H2,1-2H3,(H,16,19);1H. The molecule has 2 N–H and O–H groups in total. The Labute approximate surface area is 131 Å². The molecule has 21 heavy (non-hydrogen) atoms. The monoisotopic (exact) mass is 314 g/mol. The molecule has 0 bridgehead atoms. The fraction of sp³-hybridized carbons (Fsp3) is 0.533. The molecule has 1 aromatic rings. The number of aliphatic hydroxyl groups is 1. The van der Waals surface area contributed by atoms with Gasteiger partial charge in [-0.15, -0.1) is 12.4 Å². The Morgan fingerprint density at radius 3 is 2.48 bits per heavy atom. The summed E-state index contributed by atoms with van der Waals surface area (Å²) in [5, 5.41) is 12.7. The highest BCUT2D eigenvalue weighted by Gasteiger charge is 2.23. The summed E-state index contributed by atoms with van der Waals surface area (Å²) in [7, 11) is 0. The third-order valence-corrected chi connectivity index (χ3v) is 3.34. The molecule has 0 aromatic heterocycles. The van der Waals surface area contributed by atoms with Gasteiger partial charge in [-0.25, -0.2) is 0 Å². The number of hydrogen-bond donors (Lipinski definition) is 2. The van der Waals surface area contributed by atoms with Gasteiger partial charge >= 0.3 is 0 Å². The van der Waals surface area contributed by atoms with Crippen molar-refractivity contribution in [3.63, 3.8) is 0 Å². The smallest absolute Gasteiger partial charge is 0.254 e. The molecule has 2 rings (SSSR count). The van der Waals surface area contributed by atoms with Gasteiger partial charge in [0.15, 0.2) is 6.10 Å². The van der Waals surface area contributed by atoms with E-state index in [-0.39, 0.29) is 30.5 Å². The summed E-state index contributed by atoms with van der Waals surface area (Å²) < 4.78 is 5.64. The second-order valence-corrected chi connectivity index (χ2v) is 5.31. The topological polar surface area (TPSA) is 61.8 Å².